The van der Waals surface area contributed by atoms with Crippen molar-refractivity contribution in [2.24, 2.45) is 5.92 Å². The topological polar surface area (TPSA) is 57.7 Å². The van der Waals surface area contributed by atoms with Gasteiger partial charge in [-0.25, -0.2) is 13.8 Å². The first-order valence-electron chi connectivity index (χ1n) is 10.4. The van der Waals surface area contributed by atoms with Crippen molar-refractivity contribution < 1.29 is 22.7 Å². The second-order valence-electron chi connectivity index (χ2n) is 7.40. The molecule has 2 unspecified atom stereocenters. The molecule has 0 radical (unpaired) electrons. The van der Waals surface area contributed by atoms with Crippen molar-refractivity contribution in [3.05, 3.63) is 36.0 Å². The second kappa shape index (κ2) is 9.95. The van der Waals surface area contributed by atoms with E-state index < -0.39 is 11.7 Å². The third kappa shape index (κ3) is 5.35. The summed E-state index contributed by atoms with van der Waals surface area (Å²) in [5.74, 6) is 0.335. The van der Waals surface area contributed by atoms with Crippen LogP contribution in [0.2, 0.25) is 0 Å². The predicted octanol–water partition coefficient (Wildman–Crippen LogP) is 5.10. The van der Waals surface area contributed by atoms with E-state index in [0.717, 1.165) is 24.7 Å². The van der Waals surface area contributed by atoms with E-state index in [0.29, 0.717) is 31.0 Å². The number of cyclic esters (lactones) is 1. The van der Waals surface area contributed by atoms with Crippen molar-refractivity contribution >= 4 is 34.8 Å². The lowest BCUT2D eigenvalue weighted by atomic mass is 9.95. The molecule has 0 aliphatic carbocycles. The largest absolute Gasteiger partial charge is 0.447 e. The Morgan fingerprint density at radius 1 is 1.23 bits per heavy atom. The monoisotopic (exact) mass is 456 g/mol. The first-order valence-corrected chi connectivity index (χ1v) is 11.2. The molecule has 2 aliphatic rings. The first kappa shape index (κ1) is 23.5. The molecule has 0 spiro atoms. The zero-order chi connectivity index (χ0) is 22.6. The third-order valence-electron chi connectivity index (χ3n) is 5.11. The minimum absolute atomic E-state index is 0.0329. The fraction of sp³-hybridized carbons (Fsp3) is 0.524. The highest BCUT2D eigenvalue weighted by molar-refractivity contribution is 7.95. The number of benzene rings is 1. The molecule has 1 amide bonds. The van der Waals surface area contributed by atoms with E-state index in [9.17, 15) is 18.0 Å². The summed E-state index contributed by atoms with van der Waals surface area (Å²) in [6.45, 7) is 8.38. The number of hydrogen-bond donors (Lipinski definition) is 1. The number of pyridine rings is 1. The summed E-state index contributed by atoms with van der Waals surface area (Å²) < 4.78 is 49.9. The van der Waals surface area contributed by atoms with Crippen molar-refractivity contribution in [2.45, 2.75) is 39.4 Å². The van der Waals surface area contributed by atoms with E-state index in [1.54, 1.807) is 12.1 Å². The van der Waals surface area contributed by atoms with Crippen LogP contribution >= 0.6 is 12.1 Å². The highest BCUT2D eigenvalue weighted by Crippen LogP contribution is 2.38. The van der Waals surface area contributed by atoms with Gasteiger partial charge in [-0.15, -0.1) is 0 Å². The molecule has 4 rings (SSSR count). The van der Waals surface area contributed by atoms with E-state index in [-0.39, 0.29) is 17.7 Å². The molecule has 2 aliphatic heterocycles. The number of nitrogens with one attached hydrogen (secondary N) is 1. The predicted molar refractivity (Wildman–Crippen MR) is 117 cm³/mol. The summed E-state index contributed by atoms with van der Waals surface area (Å²) in [5, 5.41) is 0.492. The highest BCUT2D eigenvalue weighted by Gasteiger charge is 2.35. The van der Waals surface area contributed by atoms with Gasteiger partial charge in [-0.1, -0.05) is 20.8 Å². The minimum Gasteiger partial charge on any atom is -0.447 e. The van der Waals surface area contributed by atoms with Crippen LogP contribution in [0.3, 0.4) is 0 Å². The summed E-state index contributed by atoms with van der Waals surface area (Å²) in [5.41, 5.74) is -0.0147. The van der Waals surface area contributed by atoms with Crippen molar-refractivity contribution in [3.8, 4) is 0 Å². The number of aromatic nitrogens is 1. The molecule has 6 nitrogen and oxygen atoms in total. The Balaban J connectivity index is 0.00000132. The van der Waals surface area contributed by atoms with Crippen molar-refractivity contribution in [1.29, 1.82) is 0 Å². The molecule has 170 valence electrons. The fourth-order valence-corrected chi connectivity index (χ4v) is 4.64. The molecule has 0 bridgehead atoms. The lowest BCUT2D eigenvalue weighted by Gasteiger charge is -2.39. The number of fused-ring (bicyclic) bond motifs is 1. The van der Waals surface area contributed by atoms with Crippen LogP contribution in [0.15, 0.2) is 30.5 Å². The normalized spacial score (nSPS) is 21.7. The Hall–Kier alpha value is -2.20. The minimum atomic E-state index is -4.45. The third-order valence-corrected chi connectivity index (χ3v) is 6.10. The second-order valence-corrected chi connectivity index (χ2v) is 8.26. The number of amides is 1. The maximum absolute atomic E-state index is 13.4. The maximum Gasteiger partial charge on any atom is 0.421 e. The first-order chi connectivity index (χ1) is 14.8. The SMILES string of the molecule is CC.CC1CC(NSN2CCOC2=O)CN(c2ccc(C(F)(F)F)c3ncccc23)C1. The summed E-state index contributed by atoms with van der Waals surface area (Å²) in [6.07, 6.45) is -2.52. The number of ether oxygens (including phenoxy) is 1. The molecular weight excluding hydrogens is 429 g/mol. The van der Waals surface area contributed by atoms with E-state index in [2.05, 4.69) is 21.5 Å². The van der Waals surface area contributed by atoms with Crippen LogP contribution in [0.25, 0.3) is 10.9 Å². The summed E-state index contributed by atoms with van der Waals surface area (Å²) in [4.78, 5) is 17.7. The Morgan fingerprint density at radius 2 is 2.00 bits per heavy atom. The van der Waals surface area contributed by atoms with Gasteiger partial charge < -0.3 is 9.64 Å². The van der Waals surface area contributed by atoms with Gasteiger partial charge in [-0.05, 0) is 36.6 Å². The van der Waals surface area contributed by atoms with Gasteiger partial charge in [-0.2, -0.15) is 13.2 Å². The van der Waals surface area contributed by atoms with Crippen LogP contribution in [-0.2, 0) is 10.9 Å². The smallest absolute Gasteiger partial charge is 0.421 e. The van der Waals surface area contributed by atoms with Gasteiger partial charge in [0.05, 0.1) is 17.6 Å². The molecule has 3 heterocycles. The van der Waals surface area contributed by atoms with Crippen LogP contribution in [0.5, 0.6) is 0 Å². The lowest BCUT2D eigenvalue weighted by Crippen LogP contribution is -2.48. The molecular formula is C21H27F3N4O2S. The van der Waals surface area contributed by atoms with Crippen molar-refractivity contribution in [2.75, 3.05) is 31.1 Å². The Morgan fingerprint density at radius 3 is 2.68 bits per heavy atom. The summed E-state index contributed by atoms with van der Waals surface area (Å²) >= 11 is 1.23. The zero-order valence-corrected chi connectivity index (χ0v) is 18.6. The van der Waals surface area contributed by atoms with Crippen LogP contribution in [0, 0.1) is 5.92 Å². The lowest BCUT2D eigenvalue weighted by molar-refractivity contribution is -0.136. The van der Waals surface area contributed by atoms with Gasteiger partial charge >= 0.3 is 12.3 Å². The number of carbonyl (C=O) groups is 1. The molecule has 2 saturated heterocycles. The van der Waals surface area contributed by atoms with Crippen molar-refractivity contribution in [3.63, 3.8) is 0 Å². The van der Waals surface area contributed by atoms with Gasteiger partial charge in [0, 0.05) is 48.5 Å². The number of nitrogens with zero attached hydrogens (tertiary/aromatic N) is 3. The van der Waals surface area contributed by atoms with Gasteiger partial charge in [0.1, 0.15) is 6.61 Å². The molecule has 1 aromatic heterocycles. The number of alkyl halides is 3. The quantitative estimate of drug-likeness (QED) is 0.646. The molecule has 2 aromatic rings. The average molecular weight is 457 g/mol. The molecule has 1 aromatic carbocycles. The highest BCUT2D eigenvalue weighted by atomic mass is 32.2. The molecule has 2 fully saturated rings. The Kier molecular flexibility index (Phi) is 7.53. The number of carbonyl (C=O) groups excluding carboxylic acids is 1. The van der Waals surface area contributed by atoms with E-state index in [1.165, 1.54) is 28.7 Å². The van der Waals surface area contributed by atoms with Crippen LogP contribution in [-0.4, -0.2) is 47.7 Å². The van der Waals surface area contributed by atoms with Gasteiger partial charge in [0.2, 0.25) is 0 Å². The van der Waals surface area contributed by atoms with Crippen LogP contribution < -0.4 is 9.62 Å². The fourth-order valence-electron chi connectivity index (χ4n) is 3.90. The van der Waals surface area contributed by atoms with Crippen LogP contribution in [0.1, 0.15) is 32.8 Å². The Bertz CT molecular complexity index is 912. The van der Waals surface area contributed by atoms with E-state index >= 15 is 0 Å². The van der Waals surface area contributed by atoms with Crippen molar-refractivity contribution in [1.82, 2.24) is 14.0 Å². The maximum atomic E-state index is 13.4. The number of hydrogen-bond acceptors (Lipinski definition) is 6. The summed E-state index contributed by atoms with van der Waals surface area (Å²) in [7, 11) is 0. The summed E-state index contributed by atoms with van der Waals surface area (Å²) in [6, 6.07) is 6.06. The molecule has 10 heteroatoms. The number of halogens is 3. The average Bonchev–Trinajstić information content (AvgIpc) is 3.16. The zero-order valence-electron chi connectivity index (χ0n) is 17.8. The van der Waals surface area contributed by atoms with Gasteiger partial charge in [0.25, 0.3) is 0 Å². The number of anilines is 1. The molecule has 2 atom stereocenters. The number of piperidine rings is 1. The van der Waals surface area contributed by atoms with E-state index in [4.69, 9.17) is 4.74 Å². The standard InChI is InChI=1S/C19H21F3N4O2S.C2H6/c1-12-9-13(24-29-26-7-8-28-18(26)27)11-25(10-12)16-5-4-15(19(20,21)22)17-14(16)3-2-6-23-17;1-2/h2-6,12-13,24H,7-11H2,1H3;1-2H3. The van der Waals surface area contributed by atoms with Gasteiger partial charge in [0.15, 0.2) is 0 Å². The van der Waals surface area contributed by atoms with E-state index in [1.807, 2.05) is 13.8 Å². The number of rotatable bonds is 4. The molecule has 0 saturated carbocycles. The van der Waals surface area contributed by atoms with Crippen LogP contribution in [0.4, 0.5) is 23.7 Å². The molecule has 1 N–H and O–H groups in total. The van der Waals surface area contributed by atoms with Gasteiger partial charge in [-0.3, -0.25) is 4.98 Å². The molecule has 31 heavy (non-hydrogen) atoms. The Labute approximate surface area is 184 Å².